The maximum Gasteiger partial charge on any atom is 0.233 e. The van der Waals surface area contributed by atoms with E-state index in [1.54, 1.807) is 30.5 Å². The maximum atomic E-state index is 12.9. The van der Waals surface area contributed by atoms with Crippen LogP contribution in [0.5, 0.6) is 0 Å². The van der Waals surface area contributed by atoms with Gasteiger partial charge in [-0.3, -0.25) is 9.69 Å². The maximum absolute atomic E-state index is 12.9. The summed E-state index contributed by atoms with van der Waals surface area (Å²) in [6, 6.07) is 6.47. The van der Waals surface area contributed by atoms with Crippen molar-refractivity contribution < 1.29 is 9.18 Å². The van der Waals surface area contributed by atoms with E-state index in [0.717, 1.165) is 41.9 Å². The van der Waals surface area contributed by atoms with Crippen LogP contribution in [0.1, 0.15) is 10.6 Å². The van der Waals surface area contributed by atoms with Gasteiger partial charge in [-0.05, 0) is 17.7 Å². The number of piperazine rings is 1. The molecule has 0 aliphatic carbocycles. The van der Waals surface area contributed by atoms with E-state index in [4.69, 9.17) is 0 Å². The van der Waals surface area contributed by atoms with Crippen LogP contribution in [0.2, 0.25) is 0 Å². The number of nitrogens with one attached hydrogen (secondary N) is 1. The van der Waals surface area contributed by atoms with Gasteiger partial charge in [0.2, 0.25) is 11.0 Å². The van der Waals surface area contributed by atoms with Gasteiger partial charge < -0.3 is 10.2 Å². The number of hydrogen-bond acceptors (Lipinski definition) is 6. The van der Waals surface area contributed by atoms with Crippen LogP contribution in [0, 0.1) is 5.82 Å². The molecule has 1 aromatic carbocycles. The average molecular weight is 349 g/mol. The first-order valence-electron chi connectivity index (χ1n) is 7.89. The number of aromatic nitrogens is 2. The molecular formula is C16H20FN5OS. The van der Waals surface area contributed by atoms with E-state index in [-0.39, 0.29) is 11.7 Å². The summed E-state index contributed by atoms with van der Waals surface area (Å²) in [5.41, 5.74) is 1.02. The summed E-state index contributed by atoms with van der Waals surface area (Å²) in [6.45, 7) is 3.78. The molecule has 1 aliphatic rings. The predicted octanol–water partition coefficient (Wildman–Crippen LogP) is 1.14. The largest absolute Gasteiger partial charge is 0.358 e. The highest BCUT2D eigenvalue weighted by atomic mass is 32.1. The number of benzene rings is 1. The molecule has 1 aliphatic heterocycles. The van der Waals surface area contributed by atoms with E-state index in [9.17, 15) is 9.18 Å². The Morgan fingerprint density at radius 1 is 1.21 bits per heavy atom. The average Bonchev–Trinajstić information content (AvgIpc) is 3.06. The van der Waals surface area contributed by atoms with E-state index in [1.165, 1.54) is 12.1 Å². The van der Waals surface area contributed by atoms with Gasteiger partial charge in [-0.2, -0.15) is 0 Å². The Kier molecular flexibility index (Phi) is 5.37. The van der Waals surface area contributed by atoms with Gasteiger partial charge in [0.1, 0.15) is 10.8 Å². The number of halogens is 1. The summed E-state index contributed by atoms with van der Waals surface area (Å²) in [4.78, 5) is 15.8. The molecule has 2 heterocycles. The van der Waals surface area contributed by atoms with Crippen molar-refractivity contribution in [3.8, 4) is 0 Å². The number of rotatable bonds is 5. The van der Waals surface area contributed by atoms with Gasteiger partial charge in [-0.25, -0.2) is 4.39 Å². The first-order valence-corrected chi connectivity index (χ1v) is 8.70. The molecule has 1 fully saturated rings. The van der Waals surface area contributed by atoms with Gasteiger partial charge in [-0.15, -0.1) is 10.2 Å². The lowest BCUT2D eigenvalue weighted by Crippen LogP contribution is -2.49. The molecule has 0 unspecified atom stereocenters. The molecule has 0 spiro atoms. The number of likely N-dealkylation sites (N-methyl/N-ethyl adjacent to an activating group) is 1. The Balaban J connectivity index is 1.54. The molecule has 1 amide bonds. The third-order valence-corrected chi connectivity index (χ3v) is 5.00. The van der Waals surface area contributed by atoms with Crippen LogP contribution < -0.4 is 10.2 Å². The van der Waals surface area contributed by atoms with Crippen molar-refractivity contribution in [1.82, 2.24) is 20.4 Å². The second-order valence-electron chi connectivity index (χ2n) is 5.72. The van der Waals surface area contributed by atoms with Gasteiger partial charge in [0.25, 0.3) is 0 Å². The van der Waals surface area contributed by atoms with Crippen LogP contribution in [-0.2, 0) is 11.2 Å². The molecule has 1 saturated heterocycles. The molecule has 1 N–H and O–H groups in total. The van der Waals surface area contributed by atoms with Gasteiger partial charge in [0, 0.05) is 39.6 Å². The Morgan fingerprint density at radius 2 is 1.92 bits per heavy atom. The minimum Gasteiger partial charge on any atom is -0.358 e. The van der Waals surface area contributed by atoms with Crippen LogP contribution in [0.15, 0.2) is 24.3 Å². The fourth-order valence-electron chi connectivity index (χ4n) is 2.60. The number of hydrogen-bond donors (Lipinski definition) is 1. The smallest absolute Gasteiger partial charge is 0.233 e. The molecule has 128 valence electrons. The predicted molar refractivity (Wildman–Crippen MR) is 91.8 cm³/mol. The molecule has 2 aromatic rings. The molecule has 3 rings (SSSR count). The van der Waals surface area contributed by atoms with Crippen molar-refractivity contribution in [1.29, 1.82) is 0 Å². The van der Waals surface area contributed by atoms with Crippen LogP contribution in [0.3, 0.4) is 0 Å². The fourth-order valence-corrected chi connectivity index (χ4v) is 3.52. The zero-order valence-electron chi connectivity index (χ0n) is 13.5. The number of amides is 1. The van der Waals surface area contributed by atoms with Gasteiger partial charge >= 0.3 is 0 Å². The third kappa shape index (κ3) is 4.27. The van der Waals surface area contributed by atoms with E-state index >= 15 is 0 Å². The first-order chi connectivity index (χ1) is 11.6. The second kappa shape index (κ2) is 7.67. The second-order valence-corrected chi connectivity index (χ2v) is 6.76. The Bertz CT molecular complexity index is 682. The van der Waals surface area contributed by atoms with Crippen LogP contribution in [-0.4, -0.2) is 60.8 Å². The SMILES string of the molecule is CNC(=O)CN1CCN(c2nnc(Cc3ccc(F)cc3)s2)CC1. The highest BCUT2D eigenvalue weighted by Crippen LogP contribution is 2.23. The molecule has 8 heteroatoms. The molecule has 0 saturated carbocycles. The van der Waals surface area contributed by atoms with Crippen molar-refractivity contribution in [2.24, 2.45) is 0 Å². The molecule has 0 radical (unpaired) electrons. The minimum absolute atomic E-state index is 0.0425. The molecule has 1 aromatic heterocycles. The third-order valence-electron chi connectivity index (χ3n) is 4.01. The Morgan fingerprint density at radius 3 is 2.58 bits per heavy atom. The summed E-state index contributed by atoms with van der Waals surface area (Å²) >= 11 is 1.57. The first kappa shape index (κ1) is 16.8. The van der Waals surface area contributed by atoms with Crippen molar-refractivity contribution >= 4 is 22.4 Å². The summed E-state index contributed by atoms with van der Waals surface area (Å²) in [7, 11) is 1.66. The summed E-state index contributed by atoms with van der Waals surface area (Å²) in [6.07, 6.45) is 0.661. The van der Waals surface area contributed by atoms with Crippen LogP contribution in [0.25, 0.3) is 0 Å². The number of anilines is 1. The molecule has 0 bridgehead atoms. The lowest BCUT2D eigenvalue weighted by Gasteiger charge is -2.33. The number of nitrogens with zero attached hydrogens (tertiary/aromatic N) is 4. The van der Waals surface area contributed by atoms with Crippen LogP contribution >= 0.6 is 11.3 Å². The van der Waals surface area contributed by atoms with E-state index in [2.05, 4.69) is 25.3 Å². The highest BCUT2D eigenvalue weighted by molar-refractivity contribution is 7.15. The number of carbonyl (C=O) groups is 1. The van der Waals surface area contributed by atoms with Gasteiger partial charge in [0.05, 0.1) is 6.54 Å². The van der Waals surface area contributed by atoms with E-state index < -0.39 is 0 Å². The van der Waals surface area contributed by atoms with E-state index in [0.29, 0.717) is 13.0 Å². The molecule has 0 atom stereocenters. The summed E-state index contributed by atoms with van der Waals surface area (Å²) < 4.78 is 12.9. The van der Waals surface area contributed by atoms with Crippen LogP contribution in [0.4, 0.5) is 9.52 Å². The topological polar surface area (TPSA) is 61.4 Å². The lowest BCUT2D eigenvalue weighted by molar-refractivity contribution is -0.121. The van der Waals surface area contributed by atoms with Crippen molar-refractivity contribution in [2.75, 3.05) is 44.7 Å². The zero-order chi connectivity index (χ0) is 16.9. The summed E-state index contributed by atoms with van der Waals surface area (Å²) in [5.74, 6) is -0.188. The Labute approximate surface area is 144 Å². The molecular weight excluding hydrogens is 329 g/mol. The van der Waals surface area contributed by atoms with Crippen molar-refractivity contribution in [2.45, 2.75) is 6.42 Å². The summed E-state index contributed by atoms with van der Waals surface area (Å²) in [5, 5.41) is 13.0. The zero-order valence-corrected chi connectivity index (χ0v) is 14.4. The van der Waals surface area contributed by atoms with Gasteiger partial charge in [-0.1, -0.05) is 23.5 Å². The molecule has 6 nitrogen and oxygen atoms in total. The quantitative estimate of drug-likeness (QED) is 0.877. The monoisotopic (exact) mass is 349 g/mol. The fraction of sp³-hybridized carbons (Fsp3) is 0.438. The normalized spacial score (nSPS) is 15.5. The minimum atomic E-state index is -0.230. The standard InChI is InChI=1S/C16H20FN5OS/c1-18-14(23)11-21-6-8-22(9-7-21)16-20-19-15(24-16)10-12-2-4-13(17)5-3-12/h2-5H,6-11H2,1H3,(H,18,23). The Hall–Kier alpha value is -2.06. The molecule has 24 heavy (non-hydrogen) atoms. The number of carbonyl (C=O) groups excluding carboxylic acids is 1. The van der Waals surface area contributed by atoms with Crippen molar-refractivity contribution in [3.63, 3.8) is 0 Å². The lowest BCUT2D eigenvalue weighted by atomic mass is 10.2. The van der Waals surface area contributed by atoms with Gasteiger partial charge in [0.15, 0.2) is 0 Å². The highest BCUT2D eigenvalue weighted by Gasteiger charge is 2.21. The van der Waals surface area contributed by atoms with Crippen molar-refractivity contribution in [3.05, 3.63) is 40.7 Å². The van der Waals surface area contributed by atoms with E-state index in [1.807, 2.05) is 0 Å².